The number of rotatable bonds is 4. The van der Waals surface area contributed by atoms with Crippen LogP contribution < -0.4 is 10.2 Å². The molecule has 0 radical (unpaired) electrons. The minimum Gasteiger partial charge on any atom is -0.480 e. The van der Waals surface area contributed by atoms with Gasteiger partial charge in [-0.2, -0.15) is 4.31 Å². The van der Waals surface area contributed by atoms with Crippen molar-refractivity contribution in [3.63, 3.8) is 0 Å². The zero-order chi connectivity index (χ0) is 20.0. The van der Waals surface area contributed by atoms with E-state index in [0.717, 1.165) is 0 Å². The Bertz CT molecular complexity index is 791. The van der Waals surface area contributed by atoms with Gasteiger partial charge >= 0.3 is 7.12 Å². The number of piperazine rings is 1. The maximum Gasteiger partial charge on any atom is 0.496 e. The van der Waals surface area contributed by atoms with Gasteiger partial charge in [-0.25, -0.2) is 13.4 Å². The summed E-state index contributed by atoms with van der Waals surface area (Å²) in [6.07, 6.45) is 1.55. The van der Waals surface area contributed by atoms with E-state index in [2.05, 4.69) is 9.88 Å². The molecule has 0 bridgehead atoms. The van der Waals surface area contributed by atoms with Crippen LogP contribution in [-0.2, 0) is 19.3 Å². The van der Waals surface area contributed by atoms with Gasteiger partial charge in [0, 0.05) is 37.8 Å². The van der Waals surface area contributed by atoms with Crippen molar-refractivity contribution >= 4 is 22.6 Å². The number of aromatic nitrogens is 1. The molecule has 1 aromatic rings. The quantitative estimate of drug-likeness (QED) is 0.677. The van der Waals surface area contributed by atoms with Crippen molar-refractivity contribution in [2.24, 2.45) is 0 Å². The Balaban J connectivity index is 1.95. The number of sulfonamides is 1. The van der Waals surface area contributed by atoms with Crippen LogP contribution in [0.3, 0.4) is 0 Å². The third-order valence-electron chi connectivity index (χ3n) is 5.64. The molecule has 0 unspecified atom stereocenters. The van der Waals surface area contributed by atoms with E-state index in [0.29, 0.717) is 31.6 Å². The first-order chi connectivity index (χ1) is 12.5. The van der Waals surface area contributed by atoms with E-state index in [1.807, 2.05) is 34.7 Å². The molecular formula is C17H28BN3O5S. The molecule has 8 nitrogen and oxygen atoms in total. The van der Waals surface area contributed by atoms with E-state index in [1.54, 1.807) is 12.3 Å². The van der Waals surface area contributed by atoms with Crippen LogP contribution in [0.25, 0.3) is 0 Å². The smallest absolute Gasteiger partial charge is 0.480 e. The molecule has 27 heavy (non-hydrogen) atoms. The third-order valence-corrected chi connectivity index (χ3v) is 7.53. The predicted molar refractivity (Wildman–Crippen MR) is 103 cm³/mol. The summed E-state index contributed by atoms with van der Waals surface area (Å²) < 4.78 is 45.2. The van der Waals surface area contributed by atoms with E-state index in [-0.39, 0.29) is 10.8 Å². The Morgan fingerprint density at radius 3 is 2.19 bits per heavy atom. The Labute approximate surface area is 162 Å². The molecule has 2 fully saturated rings. The molecule has 3 rings (SSSR count). The summed E-state index contributed by atoms with van der Waals surface area (Å²) in [6, 6.07) is 1.56. The first kappa shape index (κ1) is 20.5. The highest BCUT2D eigenvalue weighted by atomic mass is 32.2. The topological polar surface area (TPSA) is 81.2 Å². The highest BCUT2D eigenvalue weighted by Gasteiger charge is 2.52. The largest absolute Gasteiger partial charge is 0.496 e. The van der Waals surface area contributed by atoms with Crippen molar-refractivity contribution in [2.45, 2.75) is 43.8 Å². The van der Waals surface area contributed by atoms with Gasteiger partial charge in [-0.3, -0.25) is 0 Å². The van der Waals surface area contributed by atoms with E-state index < -0.39 is 28.3 Å². The highest BCUT2D eigenvalue weighted by Crippen LogP contribution is 2.37. The summed E-state index contributed by atoms with van der Waals surface area (Å²) in [5.41, 5.74) is -0.482. The summed E-state index contributed by atoms with van der Waals surface area (Å²) in [5, 5.41) is 0. The van der Waals surface area contributed by atoms with E-state index in [1.165, 1.54) is 11.4 Å². The second-order valence-corrected chi connectivity index (χ2v) is 9.98. The monoisotopic (exact) mass is 397 g/mol. The molecule has 2 aliphatic rings. The average Bonchev–Trinajstić information content (AvgIpc) is 2.82. The molecule has 0 spiro atoms. The van der Waals surface area contributed by atoms with Crippen molar-refractivity contribution in [2.75, 3.05) is 40.3 Å². The highest BCUT2D eigenvalue weighted by molar-refractivity contribution is 7.89. The lowest BCUT2D eigenvalue weighted by Gasteiger charge is -2.32. The Morgan fingerprint density at radius 1 is 1.11 bits per heavy atom. The van der Waals surface area contributed by atoms with Crippen molar-refractivity contribution in [1.29, 1.82) is 0 Å². The molecule has 0 amide bonds. The fourth-order valence-electron chi connectivity index (χ4n) is 3.06. The summed E-state index contributed by atoms with van der Waals surface area (Å²) in [7, 11) is -1.02. The SMILES string of the molecule is COc1ncc(B2OC(C)(C)C(C)(C)O2)cc1S(=O)(=O)N1CCN(C)CC1. The minimum absolute atomic E-state index is 0.0433. The third kappa shape index (κ3) is 3.73. The molecule has 0 N–H and O–H groups in total. The lowest BCUT2D eigenvalue weighted by atomic mass is 9.80. The Kier molecular flexibility index (Phi) is 5.33. The number of methoxy groups -OCH3 is 1. The normalized spacial score (nSPS) is 23.6. The number of nitrogens with zero attached hydrogens (tertiary/aromatic N) is 3. The second-order valence-electron chi connectivity index (χ2n) is 8.07. The Morgan fingerprint density at radius 2 is 1.67 bits per heavy atom. The van der Waals surface area contributed by atoms with E-state index in [4.69, 9.17) is 14.0 Å². The minimum atomic E-state index is -3.73. The van der Waals surface area contributed by atoms with Crippen LogP contribution in [0.4, 0.5) is 0 Å². The number of likely N-dealkylation sites (N-methyl/N-ethyl adjacent to an activating group) is 1. The van der Waals surface area contributed by atoms with Crippen LogP contribution in [0.5, 0.6) is 5.88 Å². The zero-order valence-electron chi connectivity index (χ0n) is 16.9. The Hall–Kier alpha value is -1.20. The van der Waals surface area contributed by atoms with E-state index >= 15 is 0 Å². The van der Waals surface area contributed by atoms with Crippen LogP contribution >= 0.6 is 0 Å². The molecule has 0 aromatic carbocycles. The zero-order valence-corrected chi connectivity index (χ0v) is 17.7. The lowest BCUT2D eigenvalue weighted by Crippen LogP contribution is -2.47. The van der Waals surface area contributed by atoms with Crippen LogP contribution in [-0.4, -0.2) is 81.3 Å². The first-order valence-electron chi connectivity index (χ1n) is 9.06. The standard InChI is InChI=1S/C17H28BN3O5S/c1-16(2)17(3,4)26-18(25-16)13-11-14(15(24-6)19-12-13)27(22,23)21-9-7-20(5)8-10-21/h11-12H,7-10H2,1-6H3. The number of pyridine rings is 1. The maximum atomic E-state index is 13.2. The van der Waals surface area contributed by atoms with Gasteiger partial charge in [0.25, 0.3) is 0 Å². The summed E-state index contributed by atoms with van der Waals surface area (Å²) in [6.45, 7) is 10.0. The lowest BCUT2D eigenvalue weighted by molar-refractivity contribution is 0.00578. The molecule has 0 saturated carbocycles. The number of hydrogen-bond acceptors (Lipinski definition) is 7. The fourth-order valence-corrected chi connectivity index (χ4v) is 4.62. The average molecular weight is 397 g/mol. The van der Waals surface area contributed by atoms with Crippen LogP contribution in [0.2, 0.25) is 0 Å². The van der Waals surface area contributed by atoms with Gasteiger partial charge in [0.1, 0.15) is 4.90 Å². The van der Waals surface area contributed by atoms with Gasteiger partial charge in [-0.15, -0.1) is 0 Å². The molecule has 1 aromatic heterocycles. The molecule has 10 heteroatoms. The van der Waals surface area contributed by atoms with E-state index in [9.17, 15) is 8.42 Å². The molecule has 0 aliphatic carbocycles. The molecule has 2 saturated heterocycles. The second kappa shape index (κ2) is 7.00. The van der Waals surface area contributed by atoms with Gasteiger partial charge in [-0.05, 0) is 40.8 Å². The van der Waals surface area contributed by atoms with Crippen molar-refractivity contribution in [1.82, 2.24) is 14.2 Å². The van der Waals surface area contributed by atoms with Gasteiger partial charge in [0.05, 0.1) is 18.3 Å². The van der Waals surface area contributed by atoms with Crippen LogP contribution in [0.15, 0.2) is 17.2 Å². The van der Waals surface area contributed by atoms with Crippen molar-refractivity contribution in [3.8, 4) is 5.88 Å². The van der Waals surface area contributed by atoms with Gasteiger partial charge in [0.2, 0.25) is 15.9 Å². The van der Waals surface area contributed by atoms with Crippen molar-refractivity contribution in [3.05, 3.63) is 12.3 Å². The summed E-state index contributed by atoms with van der Waals surface area (Å²) in [4.78, 5) is 6.36. The number of ether oxygens (including phenoxy) is 1. The van der Waals surface area contributed by atoms with Crippen LogP contribution in [0.1, 0.15) is 27.7 Å². The van der Waals surface area contributed by atoms with Crippen molar-refractivity contribution < 1.29 is 22.5 Å². The maximum absolute atomic E-state index is 13.2. The predicted octanol–water partition coefficient (Wildman–Crippen LogP) is 0.326. The molecule has 2 aliphatic heterocycles. The molecule has 3 heterocycles. The van der Waals surface area contributed by atoms with Gasteiger partial charge in [-0.1, -0.05) is 0 Å². The summed E-state index contributed by atoms with van der Waals surface area (Å²) >= 11 is 0. The first-order valence-corrected chi connectivity index (χ1v) is 10.5. The fraction of sp³-hybridized carbons (Fsp3) is 0.706. The van der Waals surface area contributed by atoms with Crippen LogP contribution in [0, 0.1) is 0 Å². The number of hydrogen-bond donors (Lipinski definition) is 0. The van der Waals surface area contributed by atoms with Gasteiger partial charge in [0.15, 0.2) is 0 Å². The summed E-state index contributed by atoms with van der Waals surface area (Å²) in [5.74, 6) is 0.0780. The molecule has 150 valence electrons. The molecular weight excluding hydrogens is 369 g/mol. The molecule has 0 atom stereocenters. The van der Waals surface area contributed by atoms with Gasteiger partial charge < -0.3 is 18.9 Å².